The van der Waals surface area contributed by atoms with Gasteiger partial charge < -0.3 is 14.4 Å². The second kappa shape index (κ2) is 8.04. The maximum Gasteiger partial charge on any atom is 0.328 e. The average Bonchev–Trinajstić information content (AvgIpc) is 3.30. The van der Waals surface area contributed by atoms with Gasteiger partial charge in [0, 0.05) is 30.4 Å². The largest absolute Gasteiger partial charge is 0.496 e. The first-order chi connectivity index (χ1) is 13.0. The molecule has 1 aromatic carbocycles. The summed E-state index contributed by atoms with van der Waals surface area (Å²) in [5.74, 6) is -0.508. The summed E-state index contributed by atoms with van der Waals surface area (Å²) < 4.78 is 10.1. The summed E-state index contributed by atoms with van der Waals surface area (Å²) in [7, 11) is 2.80. The fourth-order valence-corrected chi connectivity index (χ4v) is 4.12. The Kier molecular flexibility index (Phi) is 5.74. The van der Waals surface area contributed by atoms with E-state index in [9.17, 15) is 14.4 Å². The molecule has 2 aliphatic heterocycles. The Labute approximate surface area is 162 Å². The summed E-state index contributed by atoms with van der Waals surface area (Å²) in [5, 5.41) is -0.489. The summed E-state index contributed by atoms with van der Waals surface area (Å²) in [6.45, 7) is 3.51. The van der Waals surface area contributed by atoms with Crippen LogP contribution in [0.3, 0.4) is 0 Å². The summed E-state index contributed by atoms with van der Waals surface area (Å²) >= 11 is 0.806. The quantitative estimate of drug-likeness (QED) is 0.565. The number of benzene rings is 1. The Hall–Kier alpha value is -2.48. The topological polar surface area (TPSA) is 76.2 Å². The number of amides is 2. The van der Waals surface area contributed by atoms with Crippen LogP contribution in [0.4, 0.5) is 10.5 Å². The highest BCUT2D eigenvalue weighted by atomic mass is 32.2. The normalized spacial score (nSPS) is 19.7. The van der Waals surface area contributed by atoms with Gasteiger partial charge in [0.25, 0.3) is 11.1 Å². The van der Waals surface area contributed by atoms with Crippen molar-refractivity contribution < 1.29 is 23.9 Å². The maximum absolute atomic E-state index is 12.6. The molecule has 1 atom stereocenters. The van der Waals surface area contributed by atoms with E-state index in [1.54, 1.807) is 13.2 Å². The second-order valence-electron chi connectivity index (χ2n) is 6.37. The van der Waals surface area contributed by atoms with Crippen molar-refractivity contribution in [2.45, 2.75) is 25.8 Å². The predicted octanol–water partition coefficient (Wildman–Crippen LogP) is 2.89. The molecule has 2 aliphatic rings. The standard InChI is InChI=1S/C19H22N2O5S/c1-12(18(23)26-3)21-17(22)16(27-19(21)24)10-13-6-7-14(11-15(13)25-2)20-8-4-5-9-20/h6-7,10-12H,4-5,8-9H2,1-3H3/b16-10+/t12-/m0/s1. The number of nitrogens with zero attached hydrogens (tertiary/aromatic N) is 2. The van der Waals surface area contributed by atoms with Crippen molar-refractivity contribution in [3.05, 3.63) is 28.7 Å². The van der Waals surface area contributed by atoms with Gasteiger partial charge in [0.1, 0.15) is 11.8 Å². The Morgan fingerprint density at radius 3 is 2.56 bits per heavy atom. The van der Waals surface area contributed by atoms with Crippen LogP contribution < -0.4 is 9.64 Å². The molecule has 7 nitrogen and oxygen atoms in total. The van der Waals surface area contributed by atoms with Crippen LogP contribution in [-0.2, 0) is 14.3 Å². The van der Waals surface area contributed by atoms with Crippen molar-refractivity contribution >= 4 is 40.6 Å². The first kappa shape index (κ1) is 19.3. The number of methoxy groups -OCH3 is 2. The monoisotopic (exact) mass is 390 g/mol. The highest BCUT2D eigenvalue weighted by Gasteiger charge is 2.41. The van der Waals surface area contributed by atoms with E-state index < -0.39 is 23.2 Å². The lowest BCUT2D eigenvalue weighted by Gasteiger charge is -2.19. The molecule has 0 saturated carbocycles. The maximum atomic E-state index is 12.6. The zero-order chi connectivity index (χ0) is 19.6. The Morgan fingerprint density at radius 1 is 1.22 bits per heavy atom. The Bertz CT molecular complexity index is 801. The van der Waals surface area contributed by atoms with E-state index in [0.717, 1.165) is 35.4 Å². The molecule has 2 heterocycles. The van der Waals surface area contributed by atoms with Gasteiger partial charge in [-0.3, -0.25) is 14.5 Å². The van der Waals surface area contributed by atoms with Crippen molar-refractivity contribution in [3.63, 3.8) is 0 Å². The van der Waals surface area contributed by atoms with Gasteiger partial charge in [-0.1, -0.05) is 0 Å². The number of esters is 1. The first-order valence-electron chi connectivity index (χ1n) is 8.74. The number of hydrogen-bond acceptors (Lipinski definition) is 7. The molecular formula is C19H22N2O5S. The molecule has 27 heavy (non-hydrogen) atoms. The molecular weight excluding hydrogens is 368 g/mol. The minimum Gasteiger partial charge on any atom is -0.496 e. The average molecular weight is 390 g/mol. The minimum atomic E-state index is -0.965. The fourth-order valence-electron chi connectivity index (χ4n) is 3.22. The number of carbonyl (C=O) groups excluding carboxylic acids is 3. The number of anilines is 1. The van der Waals surface area contributed by atoms with Gasteiger partial charge in [0.15, 0.2) is 0 Å². The summed E-state index contributed by atoms with van der Waals surface area (Å²) in [5.41, 5.74) is 1.78. The molecule has 3 rings (SSSR count). The number of ether oxygens (including phenoxy) is 2. The molecule has 2 amide bonds. The molecule has 1 aromatic rings. The van der Waals surface area contributed by atoms with Crippen molar-refractivity contribution in [2.75, 3.05) is 32.2 Å². The second-order valence-corrected chi connectivity index (χ2v) is 7.36. The van der Waals surface area contributed by atoms with Gasteiger partial charge in [0.05, 0.1) is 19.1 Å². The molecule has 2 saturated heterocycles. The zero-order valence-electron chi connectivity index (χ0n) is 15.6. The zero-order valence-corrected chi connectivity index (χ0v) is 16.4. The van der Waals surface area contributed by atoms with Crippen LogP contribution in [0.2, 0.25) is 0 Å². The van der Waals surface area contributed by atoms with E-state index >= 15 is 0 Å². The highest BCUT2D eigenvalue weighted by Crippen LogP contribution is 2.36. The number of imide groups is 1. The van der Waals surface area contributed by atoms with Gasteiger partial charge in [-0.25, -0.2) is 4.79 Å². The lowest BCUT2D eigenvalue weighted by atomic mass is 10.1. The molecule has 0 aromatic heterocycles. The number of rotatable bonds is 5. The Morgan fingerprint density at radius 2 is 1.93 bits per heavy atom. The highest BCUT2D eigenvalue weighted by molar-refractivity contribution is 8.18. The van der Waals surface area contributed by atoms with Crippen LogP contribution in [0.5, 0.6) is 5.75 Å². The van der Waals surface area contributed by atoms with Crippen molar-refractivity contribution in [1.29, 1.82) is 0 Å². The van der Waals surface area contributed by atoms with Crippen molar-refractivity contribution in [2.24, 2.45) is 0 Å². The SMILES string of the molecule is COC(=O)[C@H](C)N1C(=O)S/C(=C/c2ccc(N3CCCC3)cc2OC)C1=O. The van der Waals surface area contributed by atoms with E-state index in [1.165, 1.54) is 26.9 Å². The molecule has 0 unspecified atom stereocenters. The lowest BCUT2D eigenvalue weighted by Crippen LogP contribution is -2.42. The van der Waals surface area contributed by atoms with Crippen LogP contribution in [0, 0.1) is 0 Å². The van der Waals surface area contributed by atoms with E-state index in [2.05, 4.69) is 9.64 Å². The molecule has 8 heteroatoms. The van der Waals surface area contributed by atoms with Gasteiger partial charge in [-0.15, -0.1) is 0 Å². The summed E-state index contributed by atoms with van der Waals surface area (Å²) in [6.07, 6.45) is 3.98. The van der Waals surface area contributed by atoms with E-state index in [1.807, 2.05) is 18.2 Å². The number of thioether (sulfide) groups is 1. The van der Waals surface area contributed by atoms with E-state index in [4.69, 9.17) is 4.74 Å². The van der Waals surface area contributed by atoms with Gasteiger partial charge in [0.2, 0.25) is 0 Å². The Balaban J connectivity index is 1.86. The fraction of sp³-hybridized carbons (Fsp3) is 0.421. The van der Waals surface area contributed by atoms with E-state index in [0.29, 0.717) is 11.3 Å². The molecule has 2 fully saturated rings. The van der Waals surface area contributed by atoms with Crippen LogP contribution >= 0.6 is 11.8 Å². The van der Waals surface area contributed by atoms with Crippen LogP contribution in [0.25, 0.3) is 6.08 Å². The summed E-state index contributed by atoms with van der Waals surface area (Å²) in [6, 6.07) is 4.84. The van der Waals surface area contributed by atoms with Crippen molar-refractivity contribution in [1.82, 2.24) is 4.90 Å². The first-order valence-corrected chi connectivity index (χ1v) is 9.55. The van der Waals surface area contributed by atoms with Gasteiger partial charge in [-0.2, -0.15) is 0 Å². The molecule has 144 valence electrons. The smallest absolute Gasteiger partial charge is 0.328 e. The molecule has 0 radical (unpaired) electrons. The number of carbonyl (C=O) groups is 3. The molecule has 0 aliphatic carbocycles. The lowest BCUT2D eigenvalue weighted by molar-refractivity contribution is -0.148. The van der Waals surface area contributed by atoms with Crippen LogP contribution in [0.1, 0.15) is 25.3 Å². The van der Waals surface area contributed by atoms with E-state index in [-0.39, 0.29) is 4.91 Å². The summed E-state index contributed by atoms with van der Waals surface area (Å²) in [4.78, 5) is 40.0. The van der Waals surface area contributed by atoms with Gasteiger partial charge in [-0.05, 0) is 49.7 Å². The van der Waals surface area contributed by atoms with Crippen LogP contribution in [0.15, 0.2) is 23.1 Å². The molecule has 0 bridgehead atoms. The third-order valence-corrected chi connectivity index (χ3v) is 5.61. The third kappa shape index (κ3) is 3.80. The molecule has 0 spiro atoms. The van der Waals surface area contributed by atoms with Crippen molar-refractivity contribution in [3.8, 4) is 5.75 Å². The molecule has 0 N–H and O–H groups in total. The minimum absolute atomic E-state index is 0.253. The van der Waals surface area contributed by atoms with Crippen LogP contribution in [-0.4, -0.2) is 55.4 Å². The van der Waals surface area contributed by atoms with Gasteiger partial charge >= 0.3 is 5.97 Å². The predicted molar refractivity (Wildman–Crippen MR) is 104 cm³/mol. The number of hydrogen-bond donors (Lipinski definition) is 0. The third-order valence-electron chi connectivity index (χ3n) is 4.73.